The second kappa shape index (κ2) is 4.36. The SMILES string of the molecule is COC[C@@H]1[C@@H](c2ccc(Cl)c(Cl)c2)C[C@@H]2C3C[C@H]1N32. The number of hydrogen-bond donors (Lipinski definition) is 0. The quantitative estimate of drug-likeness (QED) is 0.791. The normalized spacial score (nSPS) is 42.5. The van der Waals surface area contributed by atoms with E-state index in [1.165, 1.54) is 18.4 Å². The molecule has 6 atom stereocenters. The van der Waals surface area contributed by atoms with Crippen LogP contribution in [-0.4, -0.2) is 36.7 Å². The number of hydrogen-bond acceptors (Lipinski definition) is 2. The van der Waals surface area contributed by atoms with Crippen LogP contribution in [0, 0.1) is 5.92 Å². The monoisotopic (exact) mass is 297 g/mol. The highest BCUT2D eigenvalue weighted by Crippen LogP contribution is 2.59. The van der Waals surface area contributed by atoms with Crippen molar-refractivity contribution >= 4 is 23.2 Å². The first-order valence-corrected chi connectivity index (χ1v) is 7.67. The van der Waals surface area contributed by atoms with Gasteiger partial charge in [0.25, 0.3) is 0 Å². The number of piperidine rings is 1. The van der Waals surface area contributed by atoms with Crippen LogP contribution in [0.3, 0.4) is 0 Å². The van der Waals surface area contributed by atoms with Gasteiger partial charge < -0.3 is 4.74 Å². The van der Waals surface area contributed by atoms with Gasteiger partial charge in [-0.25, -0.2) is 0 Å². The van der Waals surface area contributed by atoms with Gasteiger partial charge in [-0.05, 0) is 36.5 Å². The molecular weight excluding hydrogens is 281 g/mol. The fourth-order valence-corrected chi connectivity index (χ4v) is 4.59. The highest BCUT2D eigenvalue weighted by atomic mass is 35.5. The lowest BCUT2D eigenvalue weighted by Crippen LogP contribution is -2.45. The van der Waals surface area contributed by atoms with Gasteiger partial charge >= 0.3 is 0 Å². The standard InChI is InChI=1S/C15H17Cl2NO/c1-19-7-10-9(5-14-15-6-13(10)18(14)15)8-2-3-11(16)12(17)4-8/h2-4,9-10,13-15H,5-7H2,1H3/t9-,10-,13-,14-,15?,18?/m1/s1. The van der Waals surface area contributed by atoms with Crippen molar-refractivity contribution in [2.24, 2.45) is 5.92 Å². The highest BCUT2D eigenvalue weighted by Gasteiger charge is 2.66. The largest absolute Gasteiger partial charge is 0.384 e. The molecule has 2 unspecified atom stereocenters. The number of benzene rings is 1. The van der Waals surface area contributed by atoms with Crippen LogP contribution in [0.25, 0.3) is 0 Å². The van der Waals surface area contributed by atoms with E-state index < -0.39 is 0 Å². The molecule has 1 aromatic rings. The molecule has 0 aliphatic carbocycles. The van der Waals surface area contributed by atoms with Crippen molar-refractivity contribution in [3.8, 4) is 0 Å². The van der Waals surface area contributed by atoms with E-state index in [-0.39, 0.29) is 0 Å². The maximum atomic E-state index is 6.18. The summed E-state index contributed by atoms with van der Waals surface area (Å²) in [6.07, 6.45) is 2.60. The van der Waals surface area contributed by atoms with Gasteiger partial charge in [-0.1, -0.05) is 29.3 Å². The van der Waals surface area contributed by atoms with Crippen LogP contribution in [0.1, 0.15) is 24.3 Å². The van der Waals surface area contributed by atoms with Crippen LogP contribution in [-0.2, 0) is 4.74 Å². The lowest BCUT2D eigenvalue weighted by atomic mass is 9.77. The minimum atomic E-state index is 0.563. The molecule has 0 amide bonds. The zero-order valence-corrected chi connectivity index (χ0v) is 12.4. The molecule has 0 bridgehead atoms. The first-order chi connectivity index (χ1) is 9.20. The van der Waals surface area contributed by atoms with Gasteiger partial charge in [0.1, 0.15) is 0 Å². The number of halogens is 2. The fraction of sp³-hybridized carbons (Fsp3) is 0.600. The fourth-order valence-electron chi connectivity index (χ4n) is 4.28. The van der Waals surface area contributed by atoms with Crippen molar-refractivity contribution in [2.45, 2.75) is 36.9 Å². The number of rotatable bonds is 3. The van der Waals surface area contributed by atoms with E-state index in [0.717, 1.165) is 24.7 Å². The number of nitrogens with zero attached hydrogens (tertiary/aromatic N) is 1. The van der Waals surface area contributed by atoms with Crippen molar-refractivity contribution in [3.63, 3.8) is 0 Å². The molecule has 3 heterocycles. The Morgan fingerprint density at radius 2 is 1.95 bits per heavy atom. The second-order valence-electron chi connectivity index (χ2n) is 6.02. The van der Waals surface area contributed by atoms with Gasteiger partial charge in [-0.15, -0.1) is 0 Å². The molecule has 3 fully saturated rings. The molecule has 0 saturated carbocycles. The minimum Gasteiger partial charge on any atom is -0.384 e. The average Bonchev–Trinajstić information content (AvgIpc) is 2.98. The molecule has 4 rings (SSSR count). The van der Waals surface area contributed by atoms with Gasteiger partial charge in [0.05, 0.1) is 16.7 Å². The molecule has 0 radical (unpaired) electrons. The Balaban J connectivity index is 1.65. The van der Waals surface area contributed by atoms with Crippen LogP contribution in [0.15, 0.2) is 18.2 Å². The molecular formula is C15H17Cl2NO. The van der Waals surface area contributed by atoms with Crippen LogP contribution in [0.2, 0.25) is 10.0 Å². The maximum Gasteiger partial charge on any atom is 0.0595 e. The number of fused-ring (bicyclic) bond motifs is 1. The summed E-state index contributed by atoms with van der Waals surface area (Å²) in [5, 5.41) is 1.31. The molecule has 3 aliphatic rings. The molecule has 102 valence electrons. The maximum absolute atomic E-state index is 6.18. The number of ether oxygens (including phenoxy) is 1. The molecule has 1 aromatic carbocycles. The summed E-state index contributed by atoms with van der Waals surface area (Å²) in [6, 6.07) is 8.52. The Bertz CT molecular complexity index is 521. The van der Waals surface area contributed by atoms with Gasteiger partial charge in [-0.2, -0.15) is 0 Å². The van der Waals surface area contributed by atoms with Gasteiger partial charge in [0.15, 0.2) is 0 Å². The third-order valence-electron chi connectivity index (χ3n) is 5.22. The molecule has 2 nitrogen and oxygen atoms in total. The van der Waals surface area contributed by atoms with Gasteiger partial charge in [0.2, 0.25) is 0 Å². The first-order valence-electron chi connectivity index (χ1n) is 6.92. The molecule has 19 heavy (non-hydrogen) atoms. The topological polar surface area (TPSA) is 12.2 Å². The summed E-state index contributed by atoms with van der Waals surface area (Å²) in [5.74, 6) is 1.16. The Labute approximate surface area is 123 Å². The lowest BCUT2D eigenvalue weighted by molar-refractivity contribution is 0.0460. The molecule has 0 spiro atoms. The minimum absolute atomic E-state index is 0.563. The summed E-state index contributed by atoms with van der Waals surface area (Å²) in [5.41, 5.74) is 1.33. The zero-order chi connectivity index (χ0) is 13.1. The van der Waals surface area contributed by atoms with Crippen LogP contribution < -0.4 is 0 Å². The molecule has 3 saturated heterocycles. The summed E-state index contributed by atoms with van der Waals surface area (Å²) >= 11 is 12.2. The zero-order valence-electron chi connectivity index (χ0n) is 10.9. The lowest BCUT2D eigenvalue weighted by Gasteiger charge is -2.41. The van der Waals surface area contributed by atoms with E-state index >= 15 is 0 Å². The molecule has 0 N–H and O–H groups in total. The summed E-state index contributed by atoms with van der Waals surface area (Å²) in [7, 11) is 1.80. The van der Waals surface area contributed by atoms with E-state index in [9.17, 15) is 0 Å². The second-order valence-corrected chi connectivity index (χ2v) is 6.83. The van der Waals surface area contributed by atoms with Crippen molar-refractivity contribution in [1.29, 1.82) is 0 Å². The van der Waals surface area contributed by atoms with Crippen molar-refractivity contribution < 1.29 is 4.74 Å². The molecule has 4 heteroatoms. The summed E-state index contributed by atoms with van der Waals surface area (Å²) < 4.78 is 5.46. The average molecular weight is 298 g/mol. The van der Waals surface area contributed by atoms with Crippen LogP contribution in [0.4, 0.5) is 0 Å². The van der Waals surface area contributed by atoms with E-state index in [4.69, 9.17) is 27.9 Å². The van der Waals surface area contributed by atoms with E-state index in [1.54, 1.807) is 7.11 Å². The molecule has 0 aromatic heterocycles. The summed E-state index contributed by atoms with van der Waals surface area (Å²) in [6.45, 7) is 0.839. The predicted molar refractivity (Wildman–Crippen MR) is 77.0 cm³/mol. The smallest absolute Gasteiger partial charge is 0.0595 e. The third kappa shape index (κ3) is 1.77. The van der Waals surface area contributed by atoms with Crippen molar-refractivity contribution in [1.82, 2.24) is 4.90 Å². The predicted octanol–water partition coefficient (Wildman–Crippen LogP) is 3.57. The Morgan fingerprint density at radius 1 is 1.16 bits per heavy atom. The van der Waals surface area contributed by atoms with Crippen LogP contribution in [0.5, 0.6) is 0 Å². The first kappa shape index (κ1) is 12.5. The Hall–Kier alpha value is -0.280. The Kier molecular flexibility index (Phi) is 2.86. The third-order valence-corrected chi connectivity index (χ3v) is 5.96. The van der Waals surface area contributed by atoms with E-state index in [1.807, 2.05) is 12.1 Å². The van der Waals surface area contributed by atoms with Crippen molar-refractivity contribution in [2.75, 3.05) is 13.7 Å². The Morgan fingerprint density at radius 3 is 2.68 bits per heavy atom. The molecule has 3 aliphatic heterocycles. The summed E-state index contributed by atoms with van der Waals surface area (Å²) in [4.78, 5) is 2.66. The highest BCUT2D eigenvalue weighted by molar-refractivity contribution is 6.42. The van der Waals surface area contributed by atoms with E-state index in [2.05, 4.69) is 11.0 Å². The van der Waals surface area contributed by atoms with Gasteiger partial charge in [-0.3, -0.25) is 4.90 Å². The van der Waals surface area contributed by atoms with E-state index in [0.29, 0.717) is 21.9 Å². The number of methoxy groups -OCH3 is 1. The van der Waals surface area contributed by atoms with Crippen molar-refractivity contribution in [3.05, 3.63) is 33.8 Å². The van der Waals surface area contributed by atoms with Gasteiger partial charge in [0, 0.05) is 31.2 Å². The van der Waals surface area contributed by atoms with Crippen LogP contribution >= 0.6 is 23.2 Å².